The molecule has 1 saturated carbocycles. The van der Waals surface area contributed by atoms with Gasteiger partial charge in [-0.2, -0.15) is 9.61 Å². The number of pyridine rings is 1. The van der Waals surface area contributed by atoms with Crippen LogP contribution in [0, 0.1) is 6.92 Å². The summed E-state index contributed by atoms with van der Waals surface area (Å²) in [6, 6.07) is 4.96. The minimum atomic E-state index is -0.385. The number of aromatic nitrogens is 5. The highest BCUT2D eigenvalue weighted by Crippen LogP contribution is 2.35. The third-order valence-electron chi connectivity index (χ3n) is 6.56. The number of nitrogens with zero attached hydrogens (tertiary/aromatic N) is 5. The van der Waals surface area contributed by atoms with Crippen molar-refractivity contribution in [3.8, 4) is 5.88 Å². The quantitative estimate of drug-likeness (QED) is 0.365. The largest absolute Gasteiger partial charge is 0.427 e. The van der Waals surface area contributed by atoms with E-state index < -0.39 is 0 Å². The van der Waals surface area contributed by atoms with E-state index >= 15 is 0 Å². The molecule has 12 heteroatoms. The molecule has 4 aromatic rings. The van der Waals surface area contributed by atoms with Gasteiger partial charge in [-0.1, -0.05) is 0 Å². The first-order valence-corrected chi connectivity index (χ1v) is 11.2. The zero-order valence-electron chi connectivity index (χ0n) is 19.8. The molecular weight excluding hydrogens is 452 g/mol. The average Bonchev–Trinajstić information content (AvgIpc) is 3.48. The molecule has 35 heavy (non-hydrogen) atoms. The van der Waals surface area contributed by atoms with Crippen LogP contribution in [0.5, 0.6) is 0 Å². The highest BCUT2D eigenvalue weighted by atomic mass is 16.5. The Balaban J connectivity index is 1.49. The molecule has 4 aromatic heterocycles. The van der Waals surface area contributed by atoms with Crippen molar-refractivity contribution in [2.45, 2.75) is 38.3 Å². The maximum Gasteiger partial charge on any atom is 0.281 e. The lowest BCUT2D eigenvalue weighted by molar-refractivity contribution is -0.0828. The van der Waals surface area contributed by atoms with Gasteiger partial charge in [0.15, 0.2) is 12.0 Å². The molecule has 0 radical (unpaired) electrons. The van der Waals surface area contributed by atoms with E-state index in [1.807, 2.05) is 6.92 Å². The predicted molar refractivity (Wildman–Crippen MR) is 129 cm³/mol. The number of carbonyl (C=O) groups is 1. The fraction of sp³-hybridized carbons (Fsp3) is 0.348. The van der Waals surface area contributed by atoms with E-state index in [9.17, 15) is 9.59 Å². The molecule has 0 bridgehead atoms. The van der Waals surface area contributed by atoms with Crippen LogP contribution in [0.25, 0.3) is 11.5 Å². The number of hydrogen-bond donors (Lipinski definition) is 3. The number of anilines is 3. The van der Waals surface area contributed by atoms with Crippen LogP contribution >= 0.6 is 0 Å². The molecule has 1 aliphatic rings. The number of rotatable bonds is 7. The second kappa shape index (κ2) is 8.55. The summed E-state index contributed by atoms with van der Waals surface area (Å²) in [5, 5.41) is 13.5. The lowest BCUT2D eigenvalue weighted by Crippen LogP contribution is -2.59. The molecule has 12 nitrogen and oxygen atoms in total. The maximum atomic E-state index is 13.1. The van der Waals surface area contributed by atoms with Crippen LogP contribution in [0.15, 0.2) is 46.2 Å². The van der Waals surface area contributed by atoms with Gasteiger partial charge < -0.3 is 25.1 Å². The van der Waals surface area contributed by atoms with E-state index in [1.54, 1.807) is 45.5 Å². The summed E-state index contributed by atoms with van der Waals surface area (Å²) in [7, 11) is 3.38. The van der Waals surface area contributed by atoms with Crippen molar-refractivity contribution >= 4 is 28.9 Å². The number of amides is 1. The average molecular weight is 479 g/mol. The minimum absolute atomic E-state index is 0.0950. The summed E-state index contributed by atoms with van der Waals surface area (Å²) in [6.45, 7) is 3.73. The summed E-state index contributed by atoms with van der Waals surface area (Å²) in [5.41, 5.74) is 0.806. The van der Waals surface area contributed by atoms with Crippen molar-refractivity contribution < 1.29 is 13.9 Å². The van der Waals surface area contributed by atoms with Crippen LogP contribution in [0.2, 0.25) is 0 Å². The zero-order valence-corrected chi connectivity index (χ0v) is 19.8. The van der Waals surface area contributed by atoms with Crippen LogP contribution in [0.4, 0.5) is 17.3 Å². The monoisotopic (exact) mass is 478 g/mol. The van der Waals surface area contributed by atoms with Crippen molar-refractivity contribution in [3.05, 3.63) is 58.6 Å². The Labute approximate surface area is 200 Å². The van der Waals surface area contributed by atoms with Crippen molar-refractivity contribution in [3.63, 3.8) is 0 Å². The van der Waals surface area contributed by atoms with Crippen LogP contribution in [0.1, 0.15) is 35.8 Å². The fourth-order valence-electron chi connectivity index (χ4n) is 4.18. The van der Waals surface area contributed by atoms with E-state index in [-0.39, 0.29) is 28.8 Å². The first-order chi connectivity index (χ1) is 16.8. The Kier molecular flexibility index (Phi) is 5.52. The molecule has 182 valence electrons. The first-order valence-electron chi connectivity index (χ1n) is 11.2. The minimum Gasteiger partial charge on any atom is -0.427 e. The Morgan fingerprint density at radius 2 is 2.20 bits per heavy atom. The van der Waals surface area contributed by atoms with E-state index in [1.165, 1.54) is 21.7 Å². The summed E-state index contributed by atoms with van der Waals surface area (Å²) >= 11 is 0. The van der Waals surface area contributed by atoms with Crippen molar-refractivity contribution in [1.82, 2.24) is 29.5 Å². The van der Waals surface area contributed by atoms with Gasteiger partial charge in [0.2, 0.25) is 5.88 Å². The SMILES string of the molecule is CNc1cc(Nc2cccn(-c3ocnc3C)c2=O)nc2c(C(=O)NC3CC[C@@]3(C)OC)cnn12. The molecule has 1 unspecified atom stereocenters. The lowest BCUT2D eigenvalue weighted by atomic mass is 9.76. The van der Waals surface area contributed by atoms with Gasteiger partial charge in [0.05, 0.1) is 17.8 Å². The topological polar surface area (TPSA) is 141 Å². The molecule has 0 aromatic carbocycles. The standard InChI is InChI=1S/C23H26N8O4/c1-13-22(35-12-25-13)30-9-5-6-15(21(30)33)27-17-10-18(24-3)31-19(29-17)14(11-26-31)20(32)28-16-7-8-23(16,2)34-4/h5-6,9-12,16,24H,7-8H2,1-4H3,(H,27,29)(H,28,32)/t16?,23-/m1/s1. The van der Waals surface area contributed by atoms with E-state index in [4.69, 9.17) is 9.15 Å². The number of ether oxygens (including phenoxy) is 1. The molecule has 5 rings (SSSR count). The van der Waals surface area contributed by atoms with E-state index in [0.717, 1.165) is 12.8 Å². The Morgan fingerprint density at radius 3 is 2.86 bits per heavy atom. The van der Waals surface area contributed by atoms with Gasteiger partial charge in [-0.25, -0.2) is 9.97 Å². The number of hydrogen-bond acceptors (Lipinski definition) is 9. The number of oxazole rings is 1. The van der Waals surface area contributed by atoms with Crippen molar-refractivity contribution in [2.24, 2.45) is 0 Å². The van der Waals surface area contributed by atoms with E-state index in [0.29, 0.717) is 34.4 Å². The third-order valence-corrected chi connectivity index (χ3v) is 6.56. The number of fused-ring (bicyclic) bond motifs is 1. The molecule has 0 spiro atoms. The highest BCUT2D eigenvalue weighted by molar-refractivity contribution is 6.00. The second-order valence-electron chi connectivity index (χ2n) is 8.62. The number of methoxy groups -OCH3 is 1. The molecular formula is C23H26N8O4. The van der Waals surface area contributed by atoms with Crippen LogP contribution in [0.3, 0.4) is 0 Å². The van der Waals surface area contributed by atoms with Gasteiger partial charge >= 0.3 is 0 Å². The van der Waals surface area contributed by atoms with Gasteiger partial charge in [-0.15, -0.1) is 0 Å². The van der Waals surface area contributed by atoms with Crippen LogP contribution in [-0.4, -0.2) is 55.9 Å². The summed E-state index contributed by atoms with van der Waals surface area (Å²) in [6.07, 6.45) is 6.08. The summed E-state index contributed by atoms with van der Waals surface area (Å²) in [5.74, 6) is 1.00. The zero-order chi connectivity index (χ0) is 24.7. The molecule has 2 atom stereocenters. The summed E-state index contributed by atoms with van der Waals surface area (Å²) < 4.78 is 13.8. The van der Waals surface area contributed by atoms with Crippen LogP contribution < -0.4 is 21.5 Å². The Hall–Kier alpha value is -4.19. The smallest absolute Gasteiger partial charge is 0.281 e. The molecule has 0 aliphatic heterocycles. The molecule has 1 fully saturated rings. The highest BCUT2D eigenvalue weighted by Gasteiger charge is 2.44. The van der Waals surface area contributed by atoms with E-state index in [2.05, 4.69) is 31.0 Å². The number of carbonyl (C=O) groups excluding carboxylic acids is 1. The maximum absolute atomic E-state index is 13.1. The Bertz CT molecular complexity index is 1470. The predicted octanol–water partition coefficient (Wildman–Crippen LogP) is 2.26. The fourth-order valence-corrected chi connectivity index (χ4v) is 4.18. The van der Waals surface area contributed by atoms with Gasteiger partial charge in [0.25, 0.3) is 11.5 Å². The molecule has 3 N–H and O–H groups in total. The number of aryl methyl sites for hydroxylation is 1. The third kappa shape index (κ3) is 3.81. The first kappa shape index (κ1) is 22.6. The lowest BCUT2D eigenvalue weighted by Gasteiger charge is -2.45. The molecule has 4 heterocycles. The van der Waals surface area contributed by atoms with Crippen molar-refractivity contribution in [2.75, 3.05) is 24.8 Å². The normalized spacial score (nSPS) is 19.4. The van der Waals surface area contributed by atoms with Gasteiger partial charge in [0.1, 0.15) is 28.6 Å². The molecule has 1 aliphatic carbocycles. The van der Waals surface area contributed by atoms with Gasteiger partial charge in [0, 0.05) is 26.4 Å². The molecule has 0 saturated heterocycles. The van der Waals surface area contributed by atoms with Gasteiger partial charge in [-0.05, 0) is 38.8 Å². The molecule has 1 amide bonds. The summed E-state index contributed by atoms with van der Waals surface area (Å²) in [4.78, 5) is 34.8. The Morgan fingerprint density at radius 1 is 1.37 bits per heavy atom. The second-order valence-corrected chi connectivity index (χ2v) is 8.62. The van der Waals surface area contributed by atoms with Gasteiger partial charge in [-0.3, -0.25) is 14.2 Å². The van der Waals surface area contributed by atoms with Crippen LogP contribution in [-0.2, 0) is 4.74 Å². The number of nitrogens with one attached hydrogen (secondary N) is 3. The van der Waals surface area contributed by atoms with Crippen molar-refractivity contribution in [1.29, 1.82) is 0 Å².